The Hall–Kier alpha value is -1.88. The lowest BCUT2D eigenvalue weighted by molar-refractivity contribution is 0.0986. The molecular formula is C16H17ClN2O3. The van der Waals surface area contributed by atoms with E-state index in [1.807, 2.05) is 20.8 Å². The van der Waals surface area contributed by atoms with Gasteiger partial charge >= 0.3 is 0 Å². The molecule has 1 aliphatic carbocycles. The van der Waals surface area contributed by atoms with E-state index < -0.39 is 0 Å². The van der Waals surface area contributed by atoms with Gasteiger partial charge in [-0.2, -0.15) is 0 Å². The number of aromatic nitrogens is 2. The number of ketones is 1. The molecule has 6 heteroatoms. The standard InChI is InChI=1S/C16H17ClN2O3/c1-8(2)16-19-18-13(22-16)7-21-12-5-4-10(17)14-9(3)6-11(20)15(12)14/h4-5,8-9H,6-7H2,1-3H3. The third-order valence-electron chi connectivity index (χ3n) is 3.74. The van der Waals surface area contributed by atoms with Crippen molar-refractivity contribution in [2.24, 2.45) is 0 Å². The number of ether oxygens (including phenoxy) is 1. The van der Waals surface area contributed by atoms with E-state index in [-0.39, 0.29) is 24.2 Å². The van der Waals surface area contributed by atoms with Crippen molar-refractivity contribution < 1.29 is 13.9 Å². The molecule has 0 spiro atoms. The fourth-order valence-corrected chi connectivity index (χ4v) is 2.99. The monoisotopic (exact) mass is 320 g/mol. The molecule has 0 aliphatic heterocycles. The molecule has 1 atom stereocenters. The molecule has 1 heterocycles. The van der Waals surface area contributed by atoms with Gasteiger partial charge in [0.2, 0.25) is 5.89 Å². The zero-order valence-corrected chi connectivity index (χ0v) is 13.5. The first-order valence-electron chi connectivity index (χ1n) is 7.28. The Bertz CT molecular complexity index is 724. The lowest BCUT2D eigenvalue weighted by Crippen LogP contribution is -2.02. The molecule has 1 aromatic heterocycles. The van der Waals surface area contributed by atoms with Crippen LogP contribution in [0.3, 0.4) is 0 Å². The Morgan fingerprint density at radius 3 is 2.86 bits per heavy atom. The predicted octanol–water partition coefficient (Wildman–Crippen LogP) is 4.12. The highest BCUT2D eigenvalue weighted by molar-refractivity contribution is 6.32. The number of halogens is 1. The summed E-state index contributed by atoms with van der Waals surface area (Å²) >= 11 is 6.21. The normalized spacial score (nSPS) is 17.1. The molecule has 1 unspecified atom stereocenters. The van der Waals surface area contributed by atoms with E-state index in [9.17, 15) is 4.79 Å². The summed E-state index contributed by atoms with van der Waals surface area (Å²) in [5, 5.41) is 8.51. The molecule has 1 aromatic carbocycles. The maximum atomic E-state index is 12.2. The van der Waals surface area contributed by atoms with E-state index in [4.69, 9.17) is 20.8 Å². The van der Waals surface area contributed by atoms with Crippen molar-refractivity contribution in [2.75, 3.05) is 0 Å². The first-order valence-corrected chi connectivity index (χ1v) is 7.65. The summed E-state index contributed by atoms with van der Waals surface area (Å²) in [6.45, 7) is 6.08. The van der Waals surface area contributed by atoms with Crippen molar-refractivity contribution in [1.29, 1.82) is 0 Å². The van der Waals surface area contributed by atoms with Crippen LogP contribution in [0.4, 0.5) is 0 Å². The molecule has 2 aromatic rings. The maximum Gasteiger partial charge on any atom is 0.253 e. The smallest absolute Gasteiger partial charge is 0.253 e. The molecule has 0 bridgehead atoms. The van der Waals surface area contributed by atoms with E-state index >= 15 is 0 Å². The van der Waals surface area contributed by atoms with Crippen molar-refractivity contribution in [2.45, 2.75) is 45.6 Å². The number of rotatable bonds is 4. The van der Waals surface area contributed by atoms with E-state index in [1.165, 1.54) is 0 Å². The second-order valence-electron chi connectivity index (χ2n) is 5.84. The van der Waals surface area contributed by atoms with Crippen molar-refractivity contribution in [3.63, 3.8) is 0 Å². The zero-order chi connectivity index (χ0) is 15.9. The van der Waals surface area contributed by atoms with Gasteiger partial charge < -0.3 is 9.15 Å². The van der Waals surface area contributed by atoms with Crippen molar-refractivity contribution >= 4 is 17.4 Å². The topological polar surface area (TPSA) is 65.2 Å². The van der Waals surface area contributed by atoms with Crippen LogP contribution in [-0.2, 0) is 6.61 Å². The van der Waals surface area contributed by atoms with E-state index in [1.54, 1.807) is 12.1 Å². The Kier molecular flexibility index (Phi) is 3.91. The van der Waals surface area contributed by atoms with Crippen LogP contribution in [0, 0.1) is 0 Å². The minimum absolute atomic E-state index is 0.0633. The fraction of sp³-hybridized carbons (Fsp3) is 0.438. The number of carbonyl (C=O) groups excluding carboxylic acids is 1. The second-order valence-corrected chi connectivity index (χ2v) is 6.25. The molecule has 1 aliphatic rings. The Morgan fingerprint density at radius 1 is 1.41 bits per heavy atom. The molecule has 116 valence electrons. The maximum absolute atomic E-state index is 12.2. The fourth-order valence-electron chi connectivity index (χ4n) is 2.64. The molecule has 0 saturated carbocycles. The van der Waals surface area contributed by atoms with Gasteiger partial charge in [-0.1, -0.05) is 32.4 Å². The van der Waals surface area contributed by atoms with Gasteiger partial charge in [0.1, 0.15) is 5.75 Å². The van der Waals surface area contributed by atoms with Crippen LogP contribution in [0.5, 0.6) is 5.75 Å². The SMILES string of the molecule is CC(C)c1nnc(COc2ccc(Cl)c3c2C(=O)CC3C)o1. The molecule has 0 amide bonds. The van der Waals surface area contributed by atoms with Gasteiger partial charge in [-0.3, -0.25) is 4.79 Å². The predicted molar refractivity (Wildman–Crippen MR) is 81.5 cm³/mol. The number of Topliss-reactive ketones (excluding diaryl/α,β-unsaturated/α-hetero) is 1. The summed E-state index contributed by atoms with van der Waals surface area (Å²) in [7, 11) is 0. The van der Waals surface area contributed by atoms with Gasteiger partial charge in [0.05, 0.1) is 5.56 Å². The van der Waals surface area contributed by atoms with Crippen LogP contribution in [0.15, 0.2) is 16.5 Å². The molecule has 3 rings (SSSR count). The molecule has 0 saturated heterocycles. The van der Waals surface area contributed by atoms with Crippen LogP contribution in [0.2, 0.25) is 5.02 Å². The number of hydrogen-bond acceptors (Lipinski definition) is 5. The van der Waals surface area contributed by atoms with Crippen LogP contribution in [0.1, 0.15) is 66.7 Å². The Labute approximate surface area is 133 Å². The quantitative estimate of drug-likeness (QED) is 0.848. The first-order chi connectivity index (χ1) is 10.5. The van der Waals surface area contributed by atoms with Crippen molar-refractivity contribution in [3.8, 4) is 5.75 Å². The van der Waals surface area contributed by atoms with Crippen LogP contribution in [-0.4, -0.2) is 16.0 Å². The van der Waals surface area contributed by atoms with Crippen molar-refractivity contribution in [3.05, 3.63) is 40.1 Å². The number of fused-ring (bicyclic) bond motifs is 1. The summed E-state index contributed by atoms with van der Waals surface area (Å²) in [5.74, 6) is 1.85. The highest BCUT2D eigenvalue weighted by Gasteiger charge is 2.31. The minimum Gasteiger partial charge on any atom is -0.483 e. The second kappa shape index (κ2) is 5.72. The van der Waals surface area contributed by atoms with E-state index in [0.29, 0.717) is 34.5 Å². The first kappa shape index (κ1) is 15.0. The van der Waals surface area contributed by atoms with Gasteiger partial charge in [0.15, 0.2) is 12.4 Å². The summed E-state index contributed by atoms with van der Waals surface area (Å²) in [6, 6.07) is 3.48. The van der Waals surface area contributed by atoms with Crippen molar-refractivity contribution in [1.82, 2.24) is 10.2 Å². The van der Waals surface area contributed by atoms with Crippen LogP contribution >= 0.6 is 11.6 Å². The number of benzene rings is 1. The molecule has 0 radical (unpaired) electrons. The summed E-state index contributed by atoms with van der Waals surface area (Å²) in [6.07, 6.45) is 0.466. The van der Waals surface area contributed by atoms with Gasteiger partial charge in [-0.15, -0.1) is 10.2 Å². The zero-order valence-electron chi connectivity index (χ0n) is 12.7. The summed E-state index contributed by atoms with van der Waals surface area (Å²) in [5.41, 5.74) is 1.46. The molecule has 5 nitrogen and oxygen atoms in total. The Balaban J connectivity index is 1.83. The molecule has 0 N–H and O–H groups in total. The van der Waals surface area contributed by atoms with Crippen LogP contribution < -0.4 is 4.74 Å². The lowest BCUT2D eigenvalue weighted by atomic mass is 10.0. The third-order valence-corrected chi connectivity index (χ3v) is 4.07. The van der Waals surface area contributed by atoms with Crippen LogP contribution in [0.25, 0.3) is 0 Å². The third kappa shape index (κ3) is 2.61. The molecule has 22 heavy (non-hydrogen) atoms. The van der Waals surface area contributed by atoms with E-state index in [0.717, 1.165) is 5.56 Å². The minimum atomic E-state index is 0.0633. The lowest BCUT2D eigenvalue weighted by Gasteiger charge is -2.11. The highest BCUT2D eigenvalue weighted by Crippen LogP contribution is 2.42. The number of hydrogen-bond donors (Lipinski definition) is 0. The number of nitrogens with zero attached hydrogens (tertiary/aromatic N) is 2. The van der Waals surface area contributed by atoms with Gasteiger partial charge in [-0.05, 0) is 23.6 Å². The largest absolute Gasteiger partial charge is 0.483 e. The number of carbonyl (C=O) groups is 1. The Morgan fingerprint density at radius 2 is 2.18 bits per heavy atom. The van der Waals surface area contributed by atoms with Gasteiger partial charge in [0.25, 0.3) is 5.89 Å². The van der Waals surface area contributed by atoms with E-state index in [2.05, 4.69) is 10.2 Å². The average molecular weight is 321 g/mol. The van der Waals surface area contributed by atoms with Gasteiger partial charge in [-0.25, -0.2) is 0 Å². The summed E-state index contributed by atoms with van der Waals surface area (Å²) in [4.78, 5) is 12.2. The molecule has 0 fully saturated rings. The average Bonchev–Trinajstić information content (AvgIpc) is 3.04. The molecular weight excluding hydrogens is 304 g/mol. The summed E-state index contributed by atoms with van der Waals surface area (Å²) < 4.78 is 11.2. The van der Waals surface area contributed by atoms with Gasteiger partial charge in [0, 0.05) is 17.4 Å². The highest BCUT2D eigenvalue weighted by atomic mass is 35.5.